The third-order valence-electron chi connectivity index (χ3n) is 3.42. The molecule has 0 aromatic rings. The van der Waals surface area contributed by atoms with Gasteiger partial charge in [0, 0.05) is 12.1 Å². The van der Waals surface area contributed by atoms with E-state index in [2.05, 4.69) is 31.4 Å². The molecule has 1 saturated carbocycles. The maximum atomic E-state index is 5.31. The van der Waals surface area contributed by atoms with Crippen molar-refractivity contribution in [2.24, 2.45) is 5.92 Å². The van der Waals surface area contributed by atoms with E-state index in [-0.39, 0.29) is 0 Å². The summed E-state index contributed by atoms with van der Waals surface area (Å²) >= 11 is 5.31. The van der Waals surface area contributed by atoms with Crippen LogP contribution >= 0.6 is 12.2 Å². The van der Waals surface area contributed by atoms with Crippen molar-refractivity contribution in [3.05, 3.63) is 0 Å². The SMILES string of the molecule is CC[C@H](C)NC(=S)N[C@H]1CCCC[C@H]1C. The Morgan fingerprint density at radius 3 is 2.67 bits per heavy atom. The first-order valence-electron chi connectivity index (χ1n) is 6.20. The van der Waals surface area contributed by atoms with Crippen LogP contribution in [-0.2, 0) is 0 Å². The van der Waals surface area contributed by atoms with Crippen LogP contribution in [0.25, 0.3) is 0 Å². The second-order valence-electron chi connectivity index (χ2n) is 4.80. The zero-order valence-corrected chi connectivity index (χ0v) is 11.0. The minimum Gasteiger partial charge on any atom is -0.360 e. The van der Waals surface area contributed by atoms with Crippen LogP contribution < -0.4 is 10.6 Å². The van der Waals surface area contributed by atoms with Gasteiger partial charge in [-0.25, -0.2) is 0 Å². The summed E-state index contributed by atoms with van der Waals surface area (Å²) in [4.78, 5) is 0. The number of thiocarbonyl (C=S) groups is 1. The summed E-state index contributed by atoms with van der Waals surface area (Å²) in [5.41, 5.74) is 0. The molecule has 1 aliphatic rings. The van der Waals surface area contributed by atoms with Gasteiger partial charge >= 0.3 is 0 Å². The van der Waals surface area contributed by atoms with Crippen molar-refractivity contribution < 1.29 is 0 Å². The highest BCUT2D eigenvalue weighted by Crippen LogP contribution is 2.23. The summed E-state index contributed by atoms with van der Waals surface area (Å²) in [7, 11) is 0. The van der Waals surface area contributed by atoms with Crippen molar-refractivity contribution in [2.75, 3.05) is 0 Å². The van der Waals surface area contributed by atoms with Crippen molar-refractivity contribution in [2.45, 2.75) is 65.0 Å². The molecule has 1 rings (SSSR count). The van der Waals surface area contributed by atoms with Gasteiger partial charge in [-0.3, -0.25) is 0 Å². The Bertz CT molecular complexity index is 206. The molecule has 3 atom stereocenters. The van der Waals surface area contributed by atoms with Gasteiger partial charge in [0.25, 0.3) is 0 Å². The molecular formula is C12H24N2S. The molecule has 0 aromatic carbocycles. The molecule has 0 aromatic heterocycles. The molecule has 0 spiro atoms. The molecule has 15 heavy (non-hydrogen) atoms. The van der Waals surface area contributed by atoms with Gasteiger partial charge in [-0.2, -0.15) is 0 Å². The van der Waals surface area contributed by atoms with Crippen LogP contribution in [0.2, 0.25) is 0 Å². The Hall–Kier alpha value is -0.310. The lowest BCUT2D eigenvalue weighted by Gasteiger charge is -2.31. The highest BCUT2D eigenvalue weighted by Gasteiger charge is 2.21. The van der Waals surface area contributed by atoms with Crippen molar-refractivity contribution >= 4 is 17.3 Å². The van der Waals surface area contributed by atoms with E-state index in [9.17, 15) is 0 Å². The summed E-state index contributed by atoms with van der Waals surface area (Å²) in [5.74, 6) is 0.760. The minimum atomic E-state index is 0.476. The topological polar surface area (TPSA) is 24.1 Å². The summed E-state index contributed by atoms with van der Waals surface area (Å²) in [6, 6.07) is 1.06. The molecule has 1 aliphatic carbocycles. The number of rotatable bonds is 3. The first kappa shape index (κ1) is 12.8. The van der Waals surface area contributed by atoms with Crippen LogP contribution in [0.4, 0.5) is 0 Å². The average molecular weight is 228 g/mol. The number of nitrogens with one attached hydrogen (secondary N) is 2. The zero-order valence-electron chi connectivity index (χ0n) is 10.2. The van der Waals surface area contributed by atoms with E-state index in [1.165, 1.54) is 25.7 Å². The smallest absolute Gasteiger partial charge is 0.166 e. The van der Waals surface area contributed by atoms with Gasteiger partial charge in [0.2, 0.25) is 0 Å². The molecule has 0 aliphatic heterocycles. The fraction of sp³-hybridized carbons (Fsp3) is 0.917. The zero-order chi connectivity index (χ0) is 11.3. The van der Waals surface area contributed by atoms with Gasteiger partial charge < -0.3 is 10.6 Å². The van der Waals surface area contributed by atoms with Crippen molar-refractivity contribution in [3.8, 4) is 0 Å². The highest BCUT2D eigenvalue weighted by atomic mass is 32.1. The fourth-order valence-electron chi connectivity index (χ4n) is 2.07. The average Bonchev–Trinajstić information content (AvgIpc) is 2.21. The maximum absolute atomic E-state index is 5.31. The van der Waals surface area contributed by atoms with E-state index in [0.717, 1.165) is 17.5 Å². The lowest BCUT2D eigenvalue weighted by molar-refractivity contribution is 0.307. The third kappa shape index (κ3) is 4.37. The van der Waals surface area contributed by atoms with Gasteiger partial charge in [-0.1, -0.05) is 26.7 Å². The largest absolute Gasteiger partial charge is 0.360 e. The Balaban J connectivity index is 2.29. The number of hydrogen-bond donors (Lipinski definition) is 2. The predicted octanol–water partition coefficient (Wildman–Crippen LogP) is 2.83. The molecule has 88 valence electrons. The Morgan fingerprint density at radius 2 is 2.07 bits per heavy atom. The van der Waals surface area contributed by atoms with E-state index >= 15 is 0 Å². The molecule has 0 heterocycles. The Kier molecular flexibility index (Phi) is 5.37. The van der Waals surface area contributed by atoms with Crippen LogP contribution in [-0.4, -0.2) is 17.2 Å². The van der Waals surface area contributed by atoms with E-state index in [1.807, 2.05) is 0 Å². The summed E-state index contributed by atoms with van der Waals surface area (Å²) in [5, 5.41) is 7.61. The van der Waals surface area contributed by atoms with Crippen LogP contribution in [0.5, 0.6) is 0 Å². The standard InChI is InChI=1S/C12H24N2S/c1-4-10(3)13-12(15)14-11-8-6-5-7-9(11)2/h9-11H,4-8H2,1-3H3,(H2,13,14,15)/t9-,10+,11+/m1/s1. The molecule has 0 amide bonds. The maximum Gasteiger partial charge on any atom is 0.166 e. The van der Waals surface area contributed by atoms with E-state index in [0.29, 0.717) is 12.1 Å². The first-order valence-corrected chi connectivity index (χ1v) is 6.61. The minimum absolute atomic E-state index is 0.476. The molecule has 3 heteroatoms. The molecule has 2 nitrogen and oxygen atoms in total. The normalized spacial score (nSPS) is 28.2. The molecule has 0 unspecified atom stereocenters. The van der Waals surface area contributed by atoms with E-state index in [4.69, 9.17) is 12.2 Å². The van der Waals surface area contributed by atoms with Crippen molar-refractivity contribution in [1.29, 1.82) is 0 Å². The van der Waals surface area contributed by atoms with Gasteiger partial charge in [-0.15, -0.1) is 0 Å². The van der Waals surface area contributed by atoms with Crippen molar-refractivity contribution in [3.63, 3.8) is 0 Å². The van der Waals surface area contributed by atoms with Gasteiger partial charge in [0.1, 0.15) is 0 Å². The fourth-order valence-corrected chi connectivity index (χ4v) is 2.42. The quantitative estimate of drug-likeness (QED) is 0.726. The Morgan fingerprint density at radius 1 is 1.40 bits per heavy atom. The van der Waals surface area contributed by atoms with Gasteiger partial charge in [0.05, 0.1) is 0 Å². The third-order valence-corrected chi connectivity index (χ3v) is 3.65. The molecular weight excluding hydrogens is 204 g/mol. The molecule has 1 fully saturated rings. The molecule has 2 N–H and O–H groups in total. The summed E-state index contributed by atoms with van der Waals surface area (Å²) < 4.78 is 0. The van der Waals surface area contributed by atoms with Crippen LogP contribution in [0, 0.1) is 5.92 Å². The lowest BCUT2D eigenvalue weighted by Crippen LogP contribution is -2.48. The van der Waals surface area contributed by atoms with E-state index in [1.54, 1.807) is 0 Å². The second kappa shape index (κ2) is 6.31. The van der Waals surface area contributed by atoms with Gasteiger partial charge in [0.15, 0.2) is 5.11 Å². The predicted molar refractivity (Wildman–Crippen MR) is 70.0 cm³/mol. The Labute approximate surface area is 99.2 Å². The second-order valence-corrected chi connectivity index (χ2v) is 5.20. The highest BCUT2D eigenvalue weighted by molar-refractivity contribution is 7.80. The first-order chi connectivity index (χ1) is 7.13. The monoisotopic (exact) mass is 228 g/mol. The van der Waals surface area contributed by atoms with Crippen LogP contribution in [0.3, 0.4) is 0 Å². The number of hydrogen-bond acceptors (Lipinski definition) is 1. The summed E-state index contributed by atoms with van der Waals surface area (Å²) in [6.45, 7) is 6.66. The molecule has 0 saturated heterocycles. The summed E-state index contributed by atoms with van der Waals surface area (Å²) in [6.07, 6.45) is 6.44. The molecule has 0 radical (unpaired) electrons. The lowest BCUT2D eigenvalue weighted by atomic mass is 9.86. The van der Waals surface area contributed by atoms with Gasteiger partial charge in [-0.05, 0) is 44.3 Å². The van der Waals surface area contributed by atoms with E-state index < -0.39 is 0 Å². The van der Waals surface area contributed by atoms with Crippen LogP contribution in [0.15, 0.2) is 0 Å². The van der Waals surface area contributed by atoms with Crippen molar-refractivity contribution in [1.82, 2.24) is 10.6 Å². The molecule has 0 bridgehead atoms. The van der Waals surface area contributed by atoms with Crippen LogP contribution in [0.1, 0.15) is 52.9 Å².